The number of nitro benzene ring substituents is 1. The lowest BCUT2D eigenvalue weighted by Crippen LogP contribution is -2.32. The smallest absolute Gasteiger partial charge is 0.273 e. The number of aromatic amines is 1. The van der Waals surface area contributed by atoms with Gasteiger partial charge in [-0.05, 0) is 25.0 Å². The molecule has 0 aliphatic carbocycles. The molecule has 0 spiro atoms. The molecule has 1 N–H and O–H groups in total. The van der Waals surface area contributed by atoms with E-state index in [0.29, 0.717) is 12.1 Å². The molecule has 0 saturated carbocycles. The van der Waals surface area contributed by atoms with Crippen molar-refractivity contribution < 1.29 is 9.72 Å². The van der Waals surface area contributed by atoms with E-state index in [1.165, 1.54) is 6.07 Å². The topological polar surface area (TPSA) is 79.2 Å². The van der Waals surface area contributed by atoms with Gasteiger partial charge in [-0.1, -0.05) is 18.2 Å². The first kappa shape index (κ1) is 14.3. The molecule has 1 amide bonds. The molecule has 0 radical (unpaired) electrons. The van der Waals surface area contributed by atoms with Gasteiger partial charge in [-0.2, -0.15) is 0 Å². The SMILES string of the molecule is O=C(Cc1ccccc1[N+](=O)[O-])N1CCCC1c1ccc[nH]1. The monoisotopic (exact) mass is 299 g/mol. The largest absolute Gasteiger partial charge is 0.363 e. The van der Waals surface area contributed by atoms with Gasteiger partial charge >= 0.3 is 0 Å². The second-order valence-corrected chi connectivity index (χ2v) is 5.43. The first-order valence-corrected chi connectivity index (χ1v) is 7.32. The average molecular weight is 299 g/mol. The van der Waals surface area contributed by atoms with Crippen molar-refractivity contribution in [1.29, 1.82) is 0 Å². The summed E-state index contributed by atoms with van der Waals surface area (Å²) in [7, 11) is 0. The van der Waals surface area contributed by atoms with Gasteiger partial charge in [0.25, 0.3) is 5.69 Å². The summed E-state index contributed by atoms with van der Waals surface area (Å²) in [5, 5.41) is 11.1. The Morgan fingerprint density at radius 2 is 2.14 bits per heavy atom. The predicted molar refractivity (Wildman–Crippen MR) is 81.3 cm³/mol. The number of nitrogens with one attached hydrogen (secondary N) is 1. The van der Waals surface area contributed by atoms with Crippen LogP contribution in [0.1, 0.15) is 30.1 Å². The van der Waals surface area contributed by atoms with E-state index < -0.39 is 4.92 Å². The summed E-state index contributed by atoms with van der Waals surface area (Å²) >= 11 is 0. The van der Waals surface area contributed by atoms with E-state index in [9.17, 15) is 14.9 Å². The van der Waals surface area contributed by atoms with Crippen LogP contribution in [0, 0.1) is 10.1 Å². The van der Waals surface area contributed by atoms with Gasteiger partial charge in [0.1, 0.15) is 0 Å². The van der Waals surface area contributed by atoms with Gasteiger partial charge in [0.2, 0.25) is 5.91 Å². The minimum atomic E-state index is -0.435. The first-order chi connectivity index (χ1) is 10.7. The van der Waals surface area contributed by atoms with E-state index in [1.807, 2.05) is 23.2 Å². The number of hydrogen-bond acceptors (Lipinski definition) is 3. The fourth-order valence-corrected chi connectivity index (χ4v) is 3.04. The van der Waals surface area contributed by atoms with Gasteiger partial charge in [-0.15, -0.1) is 0 Å². The average Bonchev–Trinajstić information content (AvgIpc) is 3.18. The second kappa shape index (κ2) is 6.01. The van der Waals surface area contributed by atoms with E-state index in [1.54, 1.807) is 18.2 Å². The minimum Gasteiger partial charge on any atom is -0.363 e. The van der Waals surface area contributed by atoms with E-state index in [0.717, 1.165) is 18.5 Å². The van der Waals surface area contributed by atoms with Crippen LogP contribution in [0.3, 0.4) is 0 Å². The number of nitrogens with zero attached hydrogens (tertiary/aromatic N) is 2. The van der Waals surface area contributed by atoms with Gasteiger partial charge in [0.05, 0.1) is 17.4 Å². The number of likely N-dealkylation sites (tertiary alicyclic amines) is 1. The van der Waals surface area contributed by atoms with Gasteiger partial charge < -0.3 is 9.88 Å². The van der Waals surface area contributed by atoms with Crippen LogP contribution in [0.25, 0.3) is 0 Å². The minimum absolute atomic E-state index is 0.00599. The molecule has 22 heavy (non-hydrogen) atoms. The zero-order chi connectivity index (χ0) is 15.5. The fraction of sp³-hybridized carbons (Fsp3) is 0.312. The van der Waals surface area contributed by atoms with Crippen LogP contribution < -0.4 is 0 Å². The molecular weight excluding hydrogens is 282 g/mol. The van der Waals surface area contributed by atoms with Crippen molar-refractivity contribution in [1.82, 2.24) is 9.88 Å². The number of para-hydroxylation sites is 1. The summed E-state index contributed by atoms with van der Waals surface area (Å²) < 4.78 is 0. The predicted octanol–water partition coefficient (Wildman–Crippen LogP) is 2.83. The molecule has 1 aromatic heterocycles. The fourth-order valence-electron chi connectivity index (χ4n) is 3.04. The van der Waals surface area contributed by atoms with Crippen molar-refractivity contribution in [2.45, 2.75) is 25.3 Å². The highest BCUT2D eigenvalue weighted by Gasteiger charge is 2.31. The van der Waals surface area contributed by atoms with Crippen molar-refractivity contribution in [3.8, 4) is 0 Å². The molecule has 3 rings (SSSR count). The van der Waals surface area contributed by atoms with Crippen molar-refractivity contribution in [2.24, 2.45) is 0 Å². The molecule has 1 aliphatic rings. The summed E-state index contributed by atoms with van der Waals surface area (Å²) in [5.74, 6) is -0.0635. The molecule has 6 nitrogen and oxygen atoms in total. The zero-order valence-electron chi connectivity index (χ0n) is 12.1. The zero-order valence-corrected chi connectivity index (χ0v) is 12.1. The van der Waals surface area contributed by atoms with Crippen LogP contribution in [0.15, 0.2) is 42.6 Å². The summed E-state index contributed by atoms with van der Waals surface area (Å²) in [4.78, 5) is 28.2. The number of aromatic nitrogens is 1. The van der Waals surface area contributed by atoms with Gasteiger partial charge in [0, 0.05) is 30.1 Å². The molecule has 1 unspecified atom stereocenters. The lowest BCUT2D eigenvalue weighted by atomic mass is 10.1. The summed E-state index contributed by atoms with van der Waals surface area (Å²) in [5.41, 5.74) is 1.49. The van der Waals surface area contributed by atoms with Gasteiger partial charge in [-0.3, -0.25) is 14.9 Å². The van der Waals surface area contributed by atoms with E-state index >= 15 is 0 Å². The Kier molecular flexibility index (Phi) is 3.91. The summed E-state index contributed by atoms with van der Waals surface area (Å²) in [6.45, 7) is 0.698. The number of benzene rings is 1. The molecule has 1 aliphatic heterocycles. The van der Waals surface area contributed by atoms with Crippen molar-refractivity contribution in [3.05, 3.63) is 64.0 Å². The quantitative estimate of drug-likeness (QED) is 0.696. The lowest BCUT2D eigenvalue weighted by Gasteiger charge is -2.24. The molecule has 1 atom stereocenters. The molecule has 1 saturated heterocycles. The molecule has 1 fully saturated rings. The van der Waals surface area contributed by atoms with Crippen LogP contribution in [-0.2, 0) is 11.2 Å². The van der Waals surface area contributed by atoms with Crippen LogP contribution in [0.4, 0.5) is 5.69 Å². The highest BCUT2D eigenvalue weighted by atomic mass is 16.6. The van der Waals surface area contributed by atoms with Crippen molar-refractivity contribution >= 4 is 11.6 Å². The van der Waals surface area contributed by atoms with Crippen molar-refractivity contribution in [2.75, 3.05) is 6.54 Å². The maximum Gasteiger partial charge on any atom is 0.273 e. The number of rotatable bonds is 4. The van der Waals surface area contributed by atoms with Crippen LogP contribution in [-0.4, -0.2) is 27.3 Å². The van der Waals surface area contributed by atoms with E-state index in [-0.39, 0.29) is 24.1 Å². The Morgan fingerprint density at radius 3 is 2.86 bits per heavy atom. The van der Waals surface area contributed by atoms with Crippen LogP contribution in [0.2, 0.25) is 0 Å². The van der Waals surface area contributed by atoms with Crippen LogP contribution in [0.5, 0.6) is 0 Å². The Balaban J connectivity index is 1.79. The number of carbonyl (C=O) groups excluding carboxylic acids is 1. The van der Waals surface area contributed by atoms with Gasteiger partial charge in [-0.25, -0.2) is 0 Å². The second-order valence-electron chi connectivity index (χ2n) is 5.43. The highest BCUT2D eigenvalue weighted by molar-refractivity contribution is 5.80. The van der Waals surface area contributed by atoms with Crippen molar-refractivity contribution in [3.63, 3.8) is 0 Å². The first-order valence-electron chi connectivity index (χ1n) is 7.32. The standard InChI is InChI=1S/C16H17N3O3/c20-16(11-12-5-1-2-7-14(12)19(21)22)18-10-4-8-15(18)13-6-3-9-17-13/h1-3,5-7,9,15,17H,4,8,10-11H2. The molecule has 1 aromatic carbocycles. The Bertz CT molecular complexity index is 682. The summed E-state index contributed by atoms with van der Waals surface area (Å²) in [6.07, 6.45) is 3.78. The van der Waals surface area contributed by atoms with Crippen LogP contribution >= 0.6 is 0 Å². The number of hydrogen-bond donors (Lipinski definition) is 1. The molecule has 114 valence electrons. The highest BCUT2D eigenvalue weighted by Crippen LogP contribution is 2.32. The Labute approximate surface area is 127 Å². The molecule has 2 aromatic rings. The third-order valence-electron chi connectivity index (χ3n) is 4.08. The molecular formula is C16H17N3O3. The maximum atomic E-state index is 12.6. The number of amides is 1. The third kappa shape index (κ3) is 2.72. The molecule has 6 heteroatoms. The summed E-state index contributed by atoms with van der Waals surface area (Å²) in [6, 6.07) is 10.4. The molecule has 2 heterocycles. The third-order valence-corrected chi connectivity index (χ3v) is 4.08. The Morgan fingerprint density at radius 1 is 1.32 bits per heavy atom. The van der Waals surface area contributed by atoms with E-state index in [4.69, 9.17) is 0 Å². The maximum absolute atomic E-state index is 12.6. The lowest BCUT2D eigenvalue weighted by molar-refractivity contribution is -0.385. The normalized spacial score (nSPS) is 17.6. The number of H-pyrrole nitrogens is 1. The van der Waals surface area contributed by atoms with E-state index in [2.05, 4.69) is 4.98 Å². The Hall–Kier alpha value is -2.63. The number of carbonyl (C=O) groups is 1. The number of nitro groups is 1. The van der Waals surface area contributed by atoms with Gasteiger partial charge in [0.15, 0.2) is 0 Å². The molecule has 0 bridgehead atoms.